The Hall–Kier alpha value is -0.265. The Bertz CT molecular complexity index is 91.3. The Morgan fingerprint density at radius 3 is 2.80 bits per heavy atom. The molecule has 0 aliphatic heterocycles. The maximum atomic E-state index is 4.07. The lowest BCUT2D eigenvalue weighted by Gasteiger charge is -2.03. The highest BCUT2D eigenvalue weighted by Crippen LogP contribution is 2.11. The minimum absolute atomic E-state index is 0.649. The molecule has 57 valence electrons. The van der Waals surface area contributed by atoms with Crippen LogP contribution in [-0.2, 0) is 0 Å². The van der Waals surface area contributed by atoms with Gasteiger partial charge in [-0.2, -0.15) is 0 Å². The highest BCUT2D eigenvalue weighted by molar-refractivity contribution is 6.36. The van der Waals surface area contributed by atoms with Crippen molar-refractivity contribution in [3.8, 4) is 0 Å². The minimum atomic E-state index is 0.649. The van der Waals surface area contributed by atoms with Crippen LogP contribution in [0.3, 0.4) is 0 Å². The van der Waals surface area contributed by atoms with Gasteiger partial charge in [-0.05, 0) is 19.0 Å². The van der Waals surface area contributed by atoms with Crippen molar-refractivity contribution in [3.05, 3.63) is 0 Å². The van der Waals surface area contributed by atoms with Crippen molar-refractivity contribution in [2.45, 2.75) is 45.9 Å². The minimum Gasteiger partial charge on any atom is -0.360 e. The van der Waals surface area contributed by atoms with Gasteiger partial charge in [-0.25, -0.2) is 0 Å². The van der Waals surface area contributed by atoms with Gasteiger partial charge in [-0.1, -0.05) is 33.1 Å². The van der Waals surface area contributed by atoms with Crippen molar-refractivity contribution in [3.63, 3.8) is 0 Å². The molecule has 1 unspecified atom stereocenters. The summed E-state index contributed by atoms with van der Waals surface area (Å²) < 4.78 is 0. The lowest BCUT2D eigenvalue weighted by atomic mass is 9.75. The number of unbranched alkanes of at least 4 members (excludes halogenated alkanes) is 1. The molecule has 0 heterocycles. The van der Waals surface area contributed by atoms with Gasteiger partial charge in [0.1, 0.15) is 0 Å². The van der Waals surface area contributed by atoms with Crippen molar-refractivity contribution >= 4 is 13.6 Å². The van der Waals surface area contributed by atoms with Crippen LogP contribution in [-0.4, -0.2) is 13.6 Å². The third kappa shape index (κ3) is 5.86. The van der Waals surface area contributed by atoms with E-state index in [1.165, 1.54) is 19.3 Å². The van der Waals surface area contributed by atoms with E-state index in [-0.39, 0.29) is 0 Å². The van der Waals surface area contributed by atoms with Crippen molar-refractivity contribution in [2.24, 2.45) is 4.90 Å². The second-order valence-corrected chi connectivity index (χ2v) is 2.68. The molecule has 10 heavy (non-hydrogen) atoms. The van der Waals surface area contributed by atoms with Crippen molar-refractivity contribution < 1.29 is 0 Å². The number of nitrogens with zero attached hydrogens (tertiary/aromatic N) is 1. The summed E-state index contributed by atoms with van der Waals surface area (Å²) in [7, 11) is 2.02. The summed E-state index contributed by atoms with van der Waals surface area (Å²) in [6, 6.07) is 0. The van der Waals surface area contributed by atoms with E-state index >= 15 is 0 Å². The molecule has 0 amide bonds. The highest BCUT2D eigenvalue weighted by Gasteiger charge is 2.00. The zero-order chi connectivity index (χ0) is 7.82. The molecule has 0 spiro atoms. The SMILES string of the molecule is CC=N[B]C(C)CCCC. The zero-order valence-electron chi connectivity index (χ0n) is 7.30. The largest absolute Gasteiger partial charge is 0.360 e. The number of hydrogen-bond acceptors (Lipinski definition) is 1. The topological polar surface area (TPSA) is 12.4 Å². The molecule has 0 rings (SSSR count). The van der Waals surface area contributed by atoms with Crippen LogP contribution in [0.2, 0.25) is 5.82 Å². The summed E-state index contributed by atoms with van der Waals surface area (Å²) in [5.41, 5.74) is 0. The molecule has 0 aromatic carbocycles. The molecule has 0 saturated carbocycles. The van der Waals surface area contributed by atoms with E-state index < -0.39 is 0 Å². The summed E-state index contributed by atoms with van der Waals surface area (Å²) in [4.78, 5) is 4.07. The Balaban J connectivity index is 3.16. The second-order valence-electron chi connectivity index (χ2n) is 2.68. The summed E-state index contributed by atoms with van der Waals surface area (Å²) in [6.07, 6.45) is 5.71. The Kier molecular flexibility index (Phi) is 6.67. The smallest absolute Gasteiger partial charge is 0.277 e. The van der Waals surface area contributed by atoms with Crippen LogP contribution in [0.4, 0.5) is 0 Å². The third-order valence-electron chi connectivity index (χ3n) is 1.50. The molecular weight excluding hydrogens is 121 g/mol. The van der Waals surface area contributed by atoms with Gasteiger partial charge < -0.3 is 4.90 Å². The van der Waals surface area contributed by atoms with Gasteiger partial charge in [0.15, 0.2) is 0 Å². The van der Waals surface area contributed by atoms with Crippen molar-refractivity contribution in [2.75, 3.05) is 0 Å². The maximum absolute atomic E-state index is 4.07. The number of hydrogen-bond donors (Lipinski definition) is 0. The summed E-state index contributed by atoms with van der Waals surface area (Å²) in [5.74, 6) is 0.649. The van der Waals surface area contributed by atoms with Crippen LogP contribution in [0.1, 0.15) is 40.0 Å². The lowest BCUT2D eigenvalue weighted by Crippen LogP contribution is -1.96. The first-order chi connectivity index (χ1) is 4.81. The van der Waals surface area contributed by atoms with Crippen LogP contribution >= 0.6 is 0 Å². The molecule has 0 N–H and O–H groups in total. The molecule has 1 nitrogen and oxygen atoms in total. The maximum Gasteiger partial charge on any atom is 0.277 e. The Morgan fingerprint density at radius 1 is 1.60 bits per heavy atom. The van der Waals surface area contributed by atoms with E-state index in [0.717, 1.165) is 0 Å². The van der Waals surface area contributed by atoms with Crippen LogP contribution in [0.15, 0.2) is 4.90 Å². The molecular formula is C8H17BN. The standard InChI is InChI=1S/C8H17BN/c1-4-6-7-8(3)9-10-5-2/h5,8H,4,6-7H2,1-3H3. The van der Waals surface area contributed by atoms with E-state index in [0.29, 0.717) is 5.82 Å². The first kappa shape index (κ1) is 9.73. The lowest BCUT2D eigenvalue weighted by molar-refractivity contribution is 0.696. The average molecular weight is 138 g/mol. The van der Waals surface area contributed by atoms with Gasteiger partial charge >= 0.3 is 0 Å². The van der Waals surface area contributed by atoms with Gasteiger partial charge in [-0.3, -0.25) is 0 Å². The van der Waals surface area contributed by atoms with Crippen molar-refractivity contribution in [1.29, 1.82) is 0 Å². The van der Waals surface area contributed by atoms with Gasteiger partial charge in [-0.15, -0.1) is 0 Å². The Morgan fingerprint density at radius 2 is 2.30 bits per heavy atom. The predicted molar refractivity (Wildman–Crippen MR) is 48.9 cm³/mol. The van der Waals surface area contributed by atoms with E-state index in [4.69, 9.17) is 0 Å². The van der Waals surface area contributed by atoms with Crippen LogP contribution in [0.5, 0.6) is 0 Å². The van der Waals surface area contributed by atoms with Gasteiger partial charge in [0.25, 0.3) is 7.41 Å². The monoisotopic (exact) mass is 138 g/mol. The van der Waals surface area contributed by atoms with Gasteiger partial charge in [0.2, 0.25) is 0 Å². The summed E-state index contributed by atoms with van der Waals surface area (Å²) >= 11 is 0. The summed E-state index contributed by atoms with van der Waals surface area (Å²) in [5, 5.41) is 0. The van der Waals surface area contributed by atoms with Crippen molar-refractivity contribution in [1.82, 2.24) is 0 Å². The molecule has 0 aromatic rings. The third-order valence-corrected chi connectivity index (χ3v) is 1.50. The van der Waals surface area contributed by atoms with Crippen LogP contribution in [0, 0.1) is 0 Å². The quantitative estimate of drug-likeness (QED) is 0.409. The molecule has 0 aromatic heterocycles. The zero-order valence-corrected chi connectivity index (χ0v) is 7.30. The molecule has 1 atom stereocenters. The van der Waals surface area contributed by atoms with Crippen LogP contribution in [0.25, 0.3) is 0 Å². The molecule has 0 bridgehead atoms. The van der Waals surface area contributed by atoms with E-state index in [1.807, 2.05) is 20.6 Å². The summed E-state index contributed by atoms with van der Waals surface area (Å²) in [6.45, 7) is 6.38. The fraction of sp³-hybridized carbons (Fsp3) is 0.875. The first-order valence-corrected chi connectivity index (χ1v) is 4.12. The molecule has 0 aliphatic rings. The molecule has 0 fully saturated rings. The number of rotatable bonds is 5. The molecule has 0 saturated heterocycles. The van der Waals surface area contributed by atoms with Crippen LogP contribution < -0.4 is 0 Å². The highest BCUT2D eigenvalue weighted by atomic mass is 14.6. The molecule has 0 aliphatic carbocycles. The predicted octanol–water partition coefficient (Wildman–Crippen LogP) is 2.69. The van der Waals surface area contributed by atoms with Gasteiger partial charge in [0, 0.05) is 0 Å². The molecule has 2 heteroatoms. The normalized spacial score (nSPS) is 13.9. The average Bonchev–Trinajstić information content (AvgIpc) is 1.97. The fourth-order valence-electron chi connectivity index (χ4n) is 0.834. The first-order valence-electron chi connectivity index (χ1n) is 4.12. The van der Waals surface area contributed by atoms with Gasteiger partial charge in [0.05, 0.1) is 0 Å². The molecule has 1 radical (unpaired) electrons. The Labute approximate surface area is 65.2 Å². The second kappa shape index (κ2) is 6.85. The van der Waals surface area contributed by atoms with E-state index in [1.54, 1.807) is 0 Å². The van der Waals surface area contributed by atoms with E-state index in [2.05, 4.69) is 18.8 Å². The van der Waals surface area contributed by atoms with E-state index in [9.17, 15) is 0 Å². The fourth-order valence-corrected chi connectivity index (χ4v) is 0.834.